The molecule has 8 nitrogen and oxygen atoms in total. The number of hydrogen-bond acceptors (Lipinski definition) is 7. The van der Waals surface area contributed by atoms with Gasteiger partial charge in [-0.15, -0.1) is 13.2 Å². The Morgan fingerprint density at radius 3 is 1.39 bits per heavy atom. The van der Waals surface area contributed by atoms with E-state index in [0.29, 0.717) is 87.7 Å². The number of aryl methyl sites for hydroxylation is 6. The van der Waals surface area contributed by atoms with Crippen molar-refractivity contribution in [1.29, 1.82) is 0 Å². The van der Waals surface area contributed by atoms with E-state index in [4.69, 9.17) is 35.7 Å². The molecule has 5 aliphatic carbocycles. The van der Waals surface area contributed by atoms with E-state index in [0.717, 1.165) is 149 Å². The van der Waals surface area contributed by atoms with E-state index in [2.05, 4.69) is 99.4 Å². The fraction of sp³-hybridized carbons (Fsp3) is 0.358. The lowest BCUT2D eigenvalue weighted by molar-refractivity contribution is -0.136. The molecule has 129 heavy (non-hydrogen) atoms. The van der Waals surface area contributed by atoms with Gasteiger partial charge in [0.25, 0.3) is 0 Å². The lowest BCUT2D eigenvalue weighted by atomic mass is 9.80. The van der Waals surface area contributed by atoms with Gasteiger partial charge in [0, 0.05) is 111 Å². The van der Waals surface area contributed by atoms with Crippen molar-refractivity contribution in [1.82, 2.24) is 0 Å². The van der Waals surface area contributed by atoms with Crippen molar-refractivity contribution in [2.24, 2.45) is 17.8 Å². The first-order valence-electron chi connectivity index (χ1n) is 41.0. The van der Waals surface area contributed by atoms with Gasteiger partial charge in [-0.1, -0.05) is 145 Å². The number of ketones is 1. The molecule has 0 saturated heterocycles. The average molecular weight is 2240 g/mol. The first kappa shape index (κ1) is 114. The number of ether oxygens (including phenoxy) is 1. The Morgan fingerprint density at radius 1 is 0.473 bits per heavy atom. The number of Topliss-reactive ketones (excluding diaryl/α,β-unsaturated/α-hetero) is 1. The molecule has 9 aromatic carbocycles. The molecule has 0 amide bonds. The molecule has 0 aromatic heterocycles. The summed E-state index contributed by atoms with van der Waals surface area (Å²) < 4.78 is 254. The van der Waals surface area contributed by atoms with Crippen molar-refractivity contribution in [3.8, 4) is 16.9 Å². The van der Waals surface area contributed by atoms with Crippen LogP contribution in [0.3, 0.4) is 0 Å². The summed E-state index contributed by atoms with van der Waals surface area (Å²) in [5.74, 6) is -16.5. The van der Waals surface area contributed by atoms with Crippen molar-refractivity contribution in [2.75, 3.05) is 6.61 Å². The quantitative estimate of drug-likeness (QED) is 0.0217. The van der Waals surface area contributed by atoms with E-state index in [9.17, 15) is 93.4 Å². The molecule has 0 saturated carbocycles. The van der Waals surface area contributed by atoms with E-state index < -0.39 is 144 Å². The van der Waals surface area contributed by atoms with Gasteiger partial charge in [0.2, 0.25) is 14.5 Å². The highest BCUT2D eigenvalue weighted by atomic mass is 128. The van der Waals surface area contributed by atoms with E-state index in [1.54, 1.807) is 31.2 Å². The molecule has 702 valence electrons. The predicted molar refractivity (Wildman–Crippen MR) is 499 cm³/mol. The SMILES string of the molecule is C=C.CCCC1=Cc2c(ccc(F)c2F)CC1.CCCC1CCc2cc(-c3ccc(C)c(F)c3F)c(F)c(F)c2C1.CCCC1CCc2cc(I)c(F)c(F)c2C1.CCCC1CCc2ccc(F)c(F)c2C1.CCOc1ccc(B(O)O)c(F)c1F.II.O=C(Cl)Cc1cccc(F)c1F.O=C(O)Cc1cccc(F)c1F.O=C1CCc2ccc(F)c(F)c2C1.O=S(Cl)Cl. The number of allylic oxidation sites excluding steroid dienone is 1. The molecular formula is C95H97BCl3F18I3O8S. The Labute approximate surface area is 793 Å². The predicted octanol–water partition coefficient (Wildman–Crippen LogP) is 28.1. The number of carboxylic acids is 1. The lowest BCUT2D eigenvalue weighted by Gasteiger charge is -2.26. The van der Waals surface area contributed by atoms with Gasteiger partial charge in [-0.3, -0.25) is 14.4 Å². The molecule has 3 atom stereocenters. The van der Waals surface area contributed by atoms with Gasteiger partial charge >= 0.3 is 13.1 Å². The summed E-state index contributed by atoms with van der Waals surface area (Å²) in [6.07, 6.45) is 19.9. The van der Waals surface area contributed by atoms with E-state index in [-0.39, 0.29) is 64.4 Å². The Hall–Kier alpha value is -7.00. The van der Waals surface area contributed by atoms with E-state index in [1.807, 2.05) is 28.7 Å². The fourth-order valence-electron chi connectivity index (χ4n) is 15.0. The maximum absolute atomic E-state index is 14.6. The van der Waals surface area contributed by atoms with E-state index >= 15 is 0 Å². The summed E-state index contributed by atoms with van der Waals surface area (Å²) in [5.41, 5.74) is 7.04. The Balaban J connectivity index is 0.000000308. The number of hydrogen-bond donors (Lipinski definition) is 3. The van der Waals surface area contributed by atoms with Gasteiger partial charge in [-0.2, -0.15) is 4.39 Å². The molecule has 3 N–H and O–H groups in total. The van der Waals surface area contributed by atoms with Crippen molar-refractivity contribution in [2.45, 2.75) is 196 Å². The maximum Gasteiger partial charge on any atom is 0.491 e. The second-order valence-electron chi connectivity index (χ2n) is 30.1. The zero-order chi connectivity index (χ0) is 96.8. The molecule has 0 heterocycles. The third-order valence-electron chi connectivity index (χ3n) is 21.2. The maximum atomic E-state index is 14.6. The second kappa shape index (κ2) is 58.2. The molecule has 0 fully saturated rings. The summed E-state index contributed by atoms with van der Waals surface area (Å²) in [6, 6.07) is 23.8. The number of benzene rings is 9. The number of carboxylic acid groups (broad SMARTS) is 1. The zero-order valence-corrected chi connectivity index (χ0v) is 80.8. The summed E-state index contributed by atoms with van der Waals surface area (Å²) in [5, 5.41) is 24.9. The van der Waals surface area contributed by atoms with Crippen molar-refractivity contribution >= 4 is 138 Å². The molecule has 0 spiro atoms. The number of carbonyl (C=O) groups is 3. The topological polar surface area (TPSA) is 138 Å². The Bertz CT molecular complexity index is 5240. The second-order valence-corrected chi connectivity index (χ2v) is 34.2. The highest BCUT2D eigenvalue weighted by Crippen LogP contribution is 2.40. The summed E-state index contributed by atoms with van der Waals surface area (Å²) >= 11 is 11.1. The highest BCUT2D eigenvalue weighted by Gasteiger charge is 2.31. The van der Waals surface area contributed by atoms with Gasteiger partial charge in [0.1, 0.15) is 5.78 Å². The van der Waals surface area contributed by atoms with Gasteiger partial charge < -0.3 is 19.9 Å². The first-order chi connectivity index (χ1) is 61.2. The van der Waals surface area contributed by atoms with Crippen molar-refractivity contribution in [3.05, 3.63) is 309 Å². The third kappa shape index (κ3) is 34.8. The van der Waals surface area contributed by atoms with Crippen molar-refractivity contribution in [3.63, 3.8) is 0 Å². The summed E-state index contributed by atoms with van der Waals surface area (Å²) in [7, 11) is 5.33. The molecule has 0 aliphatic heterocycles. The number of rotatable bonds is 16. The Morgan fingerprint density at radius 2 is 0.907 bits per heavy atom. The highest BCUT2D eigenvalue weighted by molar-refractivity contribution is 15.0. The van der Waals surface area contributed by atoms with Crippen LogP contribution in [0.1, 0.15) is 190 Å². The minimum atomic E-state index is -2.03. The van der Waals surface area contributed by atoms with Crippen LogP contribution >= 0.6 is 92.8 Å². The zero-order valence-electron chi connectivity index (χ0n) is 71.2. The molecule has 0 radical (unpaired) electrons. The minimum Gasteiger partial charge on any atom is -0.491 e. The number of fused-ring (bicyclic) bond motifs is 5. The molecule has 5 aliphatic rings. The van der Waals surface area contributed by atoms with Gasteiger partial charge in [0.15, 0.2) is 110 Å². The normalized spacial score (nSPS) is 14.5. The van der Waals surface area contributed by atoms with Crippen LogP contribution in [0.15, 0.2) is 128 Å². The van der Waals surface area contributed by atoms with Crippen LogP contribution in [0, 0.1) is 133 Å². The molecule has 14 rings (SSSR count). The minimum absolute atomic E-state index is 0.0167. The van der Waals surface area contributed by atoms with Crippen LogP contribution in [0.25, 0.3) is 17.2 Å². The monoisotopic (exact) mass is 2240 g/mol. The average Bonchev–Trinajstić information content (AvgIpc) is 0.763. The molecule has 0 bridgehead atoms. The molecule has 3 unspecified atom stereocenters. The van der Waals surface area contributed by atoms with Gasteiger partial charge in [-0.25, -0.2) is 78.8 Å². The standard InChI is InChI=1S/C20H20F4.C13H15F2I.C13H16F2.C13H14F2.C10H8F2O.C8H9BF2O3.C8H5ClF2O.C8H6F2O2.C2H4.Cl2OS.I2/c1-3-4-12-6-7-13-10-16(20(24)19(23)15(13)9-12)14-8-5-11(2)17(21)18(14)22;1-2-3-8-4-5-9-7-11(16)13(15)12(14)10(9)6-8;2*1-2-3-9-4-5-10-6-7-12(14)13(15)11(10)8-9;11-9-4-2-6-1-3-7(13)5-8(6)10(9)12;1-2-14-6-4-3-5(9(12)13)7(10)8(6)11;9-7(12)4-5-2-1-3-6(10)8(5)11;9-6-3-1-2-5(8(6)10)4-7(11)12;1-2;1-4(2)3;1-2/h5,8,10,12H,3-4,6-7,9H2,1-2H3;7-8H,2-6H2,1H3;6-7,9H,2-5,8H2,1H3;6-8H,2-5H2,1H3;2,4H,1,3,5H2;3-4,12-13H,2H2,1H3;1-3H,4H2;1-3H,4H2,(H,11,12);1-2H2;;. The molecule has 9 aromatic rings. The number of aliphatic carboxylic acids is 1. The Kier molecular flexibility index (Phi) is 51.6. The van der Waals surface area contributed by atoms with Crippen LogP contribution in [0.2, 0.25) is 0 Å². The largest absolute Gasteiger partial charge is 0.491 e. The van der Waals surface area contributed by atoms with Crippen LogP contribution in [0.4, 0.5) is 79.0 Å². The van der Waals surface area contributed by atoms with E-state index in [1.165, 1.54) is 67.1 Å². The van der Waals surface area contributed by atoms with Crippen molar-refractivity contribution < 1.29 is 118 Å². The smallest absolute Gasteiger partial charge is 0.491 e. The third-order valence-corrected chi connectivity index (χ3v) is 22.2. The van der Waals surface area contributed by atoms with Gasteiger partial charge in [0.05, 0.1) is 16.6 Å². The number of carbonyl (C=O) groups excluding carboxylic acids is 2. The van der Waals surface area contributed by atoms with Crippen LogP contribution in [0.5, 0.6) is 5.75 Å². The number of halogens is 24. The van der Waals surface area contributed by atoms with Crippen LogP contribution in [-0.4, -0.2) is 50.1 Å². The summed E-state index contributed by atoms with van der Waals surface area (Å²) in [6.45, 7) is 17.7. The van der Waals surface area contributed by atoms with Crippen LogP contribution in [-0.2, 0) is 94.2 Å². The van der Waals surface area contributed by atoms with Gasteiger partial charge in [-0.05, 0) is 253 Å². The summed E-state index contributed by atoms with van der Waals surface area (Å²) in [4.78, 5) is 31.5. The first-order valence-corrected chi connectivity index (χ1v) is 51.6. The van der Waals surface area contributed by atoms with Crippen LogP contribution < -0.4 is 10.2 Å². The fourth-order valence-corrected chi connectivity index (χ4v) is 15.8. The lowest BCUT2D eigenvalue weighted by Crippen LogP contribution is -2.33. The molecular weight excluding hydrogens is 2140 g/mol. The molecule has 34 heteroatoms.